The molecule has 58 heavy (non-hydrogen) atoms. The fourth-order valence-electron chi connectivity index (χ4n) is 8.65. The molecule has 0 spiro atoms. The van der Waals surface area contributed by atoms with Gasteiger partial charge < -0.3 is 43.6 Å². The molecule has 0 aliphatic carbocycles. The predicted octanol–water partition coefficient (Wildman–Crippen LogP) is 2.79. The van der Waals surface area contributed by atoms with Crippen LogP contribution in [0.1, 0.15) is 87.3 Å². The normalized spacial score (nSPS) is 38.6. The number of rotatable bonds is 7. The van der Waals surface area contributed by atoms with E-state index in [4.69, 9.17) is 28.5 Å². The number of aliphatic hydroxyl groups is 2. The number of esters is 1. The van der Waals surface area contributed by atoms with Crippen LogP contribution >= 0.6 is 0 Å². The molecule has 3 aliphatic heterocycles. The van der Waals surface area contributed by atoms with E-state index in [1.165, 1.54) is 20.8 Å². The molecular formula is C40H61N7O11. The summed E-state index contributed by atoms with van der Waals surface area (Å²) in [7, 11) is 3.72. The molecule has 0 radical (unpaired) electrons. The first-order valence-electron chi connectivity index (χ1n) is 20.1. The van der Waals surface area contributed by atoms with Gasteiger partial charge in [-0.05, 0) is 79.1 Å². The lowest BCUT2D eigenvalue weighted by atomic mass is 9.73. The molecule has 2 bridgehead atoms. The number of carbonyl (C=O) groups excluding carboxylic acids is 3. The van der Waals surface area contributed by atoms with E-state index in [0.29, 0.717) is 29.0 Å². The van der Waals surface area contributed by atoms with Crippen molar-refractivity contribution < 1.29 is 53.1 Å². The van der Waals surface area contributed by atoms with E-state index in [-0.39, 0.29) is 50.5 Å². The number of amides is 1. The number of aromatic nitrogens is 4. The molecular weight excluding hydrogens is 754 g/mol. The lowest BCUT2D eigenvalue weighted by Crippen LogP contribution is -2.60. The monoisotopic (exact) mass is 815 g/mol. The molecule has 3 aliphatic rings. The molecule has 0 unspecified atom stereocenters. The summed E-state index contributed by atoms with van der Waals surface area (Å²) in [6.07, 6.45) is -5.18. The van der Waals surface area contributed by atoms with E-state index in [0.717, 1.165) is 0 Å². The number of aromatic amines is 1. The number of pyridine rings is 1. The van der Waals surface area contributed by atoms with Gasteiger partial charge in [-0.3, -0.25) is 14.4 Å². The second-order valence-corrected chi connectivity index (χ2v) is 16.8. The lowest BCUT2D eigenvalue weighted by molar-refractivity contribution is -0.296. The molecule has 2 aromatic rings. The number of Topliss-reactive ketones (excluding diaryl/α,β-unsaturated/α-hetero) is 1. The van der Waals surface area contributed by atoms with Crippen LogP contribution in [0.4, 0.5) is 0 Å². The minimum Gasteiger partial charge on any atom is -0.459 e. The zero-order valence-electron chi connectivity index (χ0n) is 35.5. The van der Waals surface area contributed by atoms with Crippen LogP contribution in [-0.4, -0.2) is 146 Å². The van der Waals surface area contributed by atoms with Gasteiger partial charge in [-0.2, -0.15) is 10.3 Å². The largest absolute Gasteiger partial charge is 0.459 e. The summed E-state index contributed by atoms with van der Waals surface area (Å²) in [6.45, 7) is 14.6. The number of oxime groups is 1. The summed E-state index contributed by atoms with van der Waals surface area (Å²) in [5, 5.41) is 39.1. The summed E-state index contributed by atoms with van der Waals surface area (Å²) in [5.41, 5.74) is -1.08. The molecule has 1 amide bonds. The lowest BCUT2D eigenvalue weighted by Gasteiger charge is -2.47. The molecule has 18 nitrogen and oxygen atoms in total. The number of hydrogen-bond acceptors (Lipinski definition) is 16. The first kappa shape index (κ1) is 45.3. The van der Waals surface area contributed by atoms with Crippen molar-refractivity contribution in [1.29, 1.82) is 0 Å². The van der Waals surface area contributed by atoms with Crippen LogP contribution in [0, 0.1) is 23.7 Å². The average molecular weight is 816 g/mol. The smallest absolute Gasteiger partial charge is 0.316 e. The highest BCUT2D eigenvalue weighted by molar-refractivity contribution is 6.00. The Balaban J connectivity index is 1.66. The van der Waals surface area contributed by atoms with E-state index >= 15 is 0 Å². The molecule has 0 aromatic carbocycles. The Morgan fingerprint density at radius 2 is 1.81 bits per heavy atom. The quantitative estimate of drug-likeness (QED) is 0.207. The summed E-state index contributed by atoms with van der Waals surface area (Å²) in [4.78, 5) is 57.8. The topological polar surface area (TPSA) is 229 Å². The van der Waals surface area contributed by atoms with Gasteiger partial charge in [0.2, 0.25) is 11.6 Å². The number of cyclic esters (lactones) is 1. The maximum Gasteiger partial charge on any atom is 0.316 e. The highest BCUT2D eigenvalue weighted by atomic mass is 16.7. The highest BCUT2D eigenvalue weighted by Crippen LogP contribution is 2.40. The Labute approximate surface area is 339 Å². The fraction of sp³-hybridized carbons (Fsp3) is 0.750. The summed E-state index contributed by atoms with van der Waals surface area (Å²) in [6, 6.07) is 3.15. The van der Waals surface area contributed by atoms with Crippen molar-refractivity contribution >= 4 is 40.2 Å². The van der Waals surface area contributed by atoms with Crippen molar-refractivity contribution in [3.8, 4) is 0 Å². The number of aliphatic hydroxyl groups excluding tert-OH is 1. The Morgan fingerprint density at radius 3 is 2.48 bits per heavy atom. The molecule has 2 aromatic heterocycles. The zero-order chi connectivity index (χ0) is 42.7. The van der Waals surface area contributed by atoms with Gasteiger partial charge in [0.1, 0.15) is 35.0 Å². The third-order valence-electron chi connectivity index (χ3n) is 11.8. The molecule has 5 rings (SSSR count). The van der Waals surface area contributed by atoms with Gasteiger partial charge in [-0.1, -0.05) is 32.9 Å². The molecule has 3 saturated heterocycles. The molecule has 13 atom stereocenters. The molecule has 322 valence electrons. The standard InChI is InChI=1S/C40H61N7O11/c1-12-30-40(9,52)35-22(4)31(41-25(7)48)20(2)16-39(8,54-18-27(17-53-35)45-55-19-26-13-14-28-36(42-26)44-46-43-28)34(23(5)32(49)24(6)37(51)57-30)58-38-33(50)29(47(10)11)15-21(3)56-38/h13-14,20-24,29-30,33-35,38,50,52H,12,15-19H2,1-11H3,(H,42,43,44,46)/b41-31?,45-27+/t20-,21-,22+,23+,24-,29+,30-,33-,34-,35+,38+,39-,40-/m1/s1. The van der Waals surface area contributed by atoms with Crippen molar-refractivity contribution in [3.05, 3.63) is 17.8 Å². The minimum absolute atomic E-state index is 0.0429. The number of ether oxygens (including phenoxy) is 5. The number of hydrogen-bond donors (Lipinski definition) is 3. The highest BCUT2D eigenvalue weighted by Gasteiger charge is 2.53. The maximum atomic E-state index is 14.5. The van der Waals surface area contributed by atoms with Gasteiger partial charge in [0.05, 0.1) is 42.8 Å². The van der Waals surface area contributed by atoms with Crippen molar-refractivity contribution in [2.75, 3.05) is 27.3 Å². The number of carbonyl (C=O) groups is 3. The van der Waals surface area contributed by atoms with E-state index in [2.05, 4.69) is 30.5 Å². The van der Waals surface area contributed by atoms with Crippen molar-refractivity contribution in [2.24, 2.45) is 33.8 Å². The molecule has 0 saturated carbocycles. The van der Waals surface area contributed by atoms with E-state index in [1.807, 2.05) is 32.8 Å². The zero-order valence-corrected chi connectivity index (χ0v) is 35.5. The molecule has 5 heterocycles. The Kier molecular flexibility index (Phi) is 14.6. The van der Waals surface area contributed by atoms with E-state index in [1.54, 1.807) is 39.8 Å². The Morgan fingerprint density at radius 1 is 1.09 bits per heavy atom. The van der Waals surface area contributed by atoms with Gasteiger partial charge in [0.25, 0.3) is 0 Å². The number of likely N-dealkylation sites (N-methyl/N-ethyl adjacent to an activating group) is 1. The SMILES string of the molecule is CC[C@H]1OC(=O)[C@H](C)C(=O)[C@H](C)[C@@H](O[C@@H]2O[C@H](C)C[C@H](N(C)C)[C@H]2O)[C@@]2(C)C[C@@H](C)C(=NC(C)=O)[C@H](C)[C@H](OC/C(=N\OCc3ccc4n[nH]nc4n3)CO2)[C@]1(C)O. The number of nitrogens with one attached hydrogen (secondary N) is 1. The average Bonchev–Trinajstić information content (AvgIpc) is 3.63. The van der Waals surface area contributed by atoms with Crippen molar-refractivity contribution in [1.82, 2.24) is 25.3 Å². The Hall–Kier alpha value is -3.78. The van der Waals surface area contributed by atoms with Crippen LogP contribution in [0.2, 0.25) is 0 Å². The number of ketones is 1. The van der Waals surface area contributed by atoms with Crippen LogP contribution in [0.25, 0.3) is 11.2 Å². The van der Waals surface area contributed by atoms with Crippen LogP contribution in [-0.2, 0) is 49.5 Å². The molecule has 3 N–H and O–H groups in total. The maximum absolute atomic E-state index is 14.5. The molecule has 3 fully saturated rings. The van der Waals surface area contributed by atoms with Gasteiger partial charge in [0.15, 0.2) is 18.7 Å². The minimum atomic E-state index is -1.86. The van der Waals surface area contributed by atoms with E-state index < -0.39 is 83.2 Å². The third-order valence-corrected chi connectivity index (χ3v) is 11.8. The van der Waals surface area contributed by atoms with Crippen molar-refractivity contribution in [3.63, 3.8) is 0 Å². The number of H-pyrrole nitrogens is 1. The van der Waals surface area contributed by atoms with Crippen LogP contribution < -0.4 is 0 Å². The van der Waals surface area contributed by atoms with Crippen LogP contribution in [0.15, 0.2) is 22.3 Å². The summed E-state index contributed by atoms with van der Waals surface area (Å²) < 4.78 is 32.4. The first-order valence-corrected chi connectivity index (χ1v) is 20.1. The second-order valence-electron chi connectivity index (χ2n) is 16.8. The van der Waals surface area contributed by atoms with E-state index in [9.17, 15) is 24.6 Å². The van der Waals surface area contributed by atoms with Gasteiger partial charge in [-0.25, -0.2) is 9.98 Å². The second kappa shape index (κ2) is 18.6. The predicted molar refractivity (Wildman–Crippen MR) is 211 cm³/mol. The summed E-state index contributed by atoms with van der Waals surface area (Å²) >= 11 is 0. The van der Waals surface area contributed by atoms with Gasteiger partial charge in [-0.15, -0.1) is 5.10 Å². The third kappa shape index (κ3) is 9.97. The number of fused-ring (bicyclic) bond motifs is 6. The first-order chi connectivity index (χ1) is 27.3. The van der Waals surface area contributed by atoms with Gasteiger partial charge >= 0.3 is 5.97 Å². The fourth-order valence-corrected chi connectivity index (χ4v) is 8.65. The van der Waals surface area contributed by atoms with Crippen molar-refractivity contribution in [2.45, 2.75) is 142 Å². The number of nitrogens with zero attached hydrogens (tertiary/aromatic N) is 6. The molecule has 18 heteroatoms. The summed E-state index contributed by atoms with van der Waals surface area (Å²) in [5.74, 6) is -5.37. The number of aliphatic imine (C=N–C) groups is 1. The van der Waals surface area contributed by atoms with Crippen LogP contribution in [0.3, 0.4) is 0 Å². The van der Waals surface area contributed by atoms with Gasteiger partial charge in [0, 0.05) is 30.5 Å². The van der Waals surface area contributed by atoms with Crippen LogP contribution in [0.5, 0.6) is 0 Å². The Bertz CT molecular complexity index is 1830.